The summed E-state index contributed by atoms with van der Waals surface area (Å²) in [6.07, 6.45) is 1.40. The highest BCUT2D eigenvalue weighted by Crippen LogP contribution is 2.54. The predicted octanol–water partition coefficient (Wildman–Crippen LogP) is -0.0319. The van der Waals surface area contributed by atoms with Crippen LogP contribution in [-0.2, 0) is 25.6 Å². The number of rotatable bonds is 5. The van der Waals surface area contributed by atoms with Crippen molar-refractivity contribution in [2.24, 2.45) is 23.5 Å². The summed E-state index contributed by atoms with van der Waals surface area (Å²) in [7, 11) is 6.63. The summed E-state index contributed by atoms with van der Waals surface area (Å²) >= 11 is 0. The van der Waals surface area contributed by atoms with Crippen LogP contribution in [0, 0.1) is 17.8 Å². The molecule has 8 N–H and O–H groups in total. The number of Topliss-reactive ketones (excluding diaryl/α,β-unsaturated/α-hetero) is 2. The molecule has 13 nitrogen and oxygen atoms in total. The first-order chi connectivity index (χ1) is 19.7. The molecule has 0 bridgehead atoms. The van der Waals surface area contributed by atoms with Crippen molar-refractivity contribution in [3.63, 3.8) is 0 Å². The maximum absolute atomic E-state index is 14.1. The minimum Gasteiger partial charge on any atom is -0.508 e. The molecule has 1 aromatic rings. The van der Waals surface area contributed by atoms with E-state index >= 15 is 0 Å². The van der Waals surface area contributed by atoms with Crippen molar-refractivity contribution in [1.29, 1.82) is 0 Å². The number of phenols is 1. The first-order valence-corrected chi connectivity index (χ1v) is 13.9. The smallest absolute Gasteiger partial charge is 0.255 e. The van der Waals surface area contributed by atoms with Gasteiger partial charge in [0.25, 0.3) is 5.91 Å². The predicted molar refractivity (Wildman–Crippen MR) is 153 cm³/mol. The minimum absolute atomic E-state index is 0.00635. The topological polar surface area (TPSA) is 206 Å². The lowest BCUT2D eigenvalue weighted by molar-refractivity contribution is -0.153. The van der Waals surface area contributed by atoms with Crippen LogP contribution in [0.25, 0.3) is 5.76 Å². The molecule has 1 aromatic carbocycles. The Bertz CT molecular complexity index is 1460. The maximum Gasteiger partial charge on any atom is 0.255 e. The zero-order chi connectivity index (χ0) is 30.8. The van der Waals surface area contributed by atoms with E-state index in [9.17, 15) is 39.6 Å². The van der Waals surface area contributed by atoms with E-state index in [1.165, 1.54) is 4.90 Å². The summed E-state index contributed by atoms with van der Waals surface area (Å²) < 4.78 is 0. The molecule has 2 fully saturated rings. The Labute approximate surface area is 242 Å². The average Bonchev–Trinajstić information content (AvgIpc) is 2.92. The zero-order valence-electron chi connectivity index (χ0n) is 24.0. The Balaban J connectivity index is 1.66. The van der Waals surface area contributed by atoms with E-state index in [-0.39, 0.29) is 41.5 Å². The second kappa shape index (κ2) is 10.4. The molecule has 4 atom stereocenters. The van der Waals surface area contributed by atoms with E-state index in [1.54, 1.807) is 39.2 Å². The lowest BCUT2D eigenvalue weighted by atomic mass is 9.57. The van der Waals surface area contributed by atoms with Crippen molar-refractivity contribution in [2.75, 3.05) is 51.5 Å². The monoisotopic (exact) mass is 583 g/mol. The molecule has 13 heteroatoms. The summed E-state index contributed by atoms with van der Waals surface area (Å²) in [5.74, 6) is -7.76. The number of amides is 2. The molecule has 0 spiro atoms. The summed E-state index contributed by atoms with van der Waals surface area (Å²) in [5, 5.41) is 51.7. The Kier molecular flexibility index (Phi) is 7.32. The zero-order valence-corrected chi connectivity index (χ0v) is 24.0. The van der Waals surface area contributed by atoms with Gasteiger partial charge in [0, 0.05) is 37.2 Å². The number of fused-ring (bicyclic) bond motifs is 3. The molecular formula is C29H37N5O8. The highest BCUT2D eigenvalue weighted by Gasteiger charge is 2.64. The maximum atomic E-state index is 14.1. The molecule has 4 aliphatic rings. The quantitative estimate of drug-likeness (QED) is 0.181. The van der Waals surface area contributed by atoms with Crippen molar-refractivity contribution >= 4 is 40.5 Å². The Morgan fingerprint density at radius 3 is 2.31 bits per heavy atom. The molecule has 0 radical (unpaired) electrons. The average molecular weight is 584 g/mol. The number of anilines is 2. The van der Waals surface area contributed by atoms with Crippen LogP contribution in [0.4, 0.5) is 11.4 Å². The molecule has 226 valence electrons. The molecular weight excluding hydrogens is 546 g/mol. The third-order valence-corrected chi connectivity index (χ3v) is 9.15. The molecule has 3 aliphatic carbocycles. The number of hydrogen-bond donors (Lipinski definition) is 7. The van der Waals surface area contributed by atoms with Gasteiger partial charge in [0.05, 0.1) is 17.3 Å². The largest absolute Gasteiger partial charge is 0.508 e. The number of piperidine rings is 1. The van der Waals surface area contributed by atoms with Gasteiger partial charge in [0.15, 0.2) is 11.4 Å². The van der Waals surface area contributed by atoms with Crippen LogP contribution in [0.2, 0.25) is 0 Å². The molecule has 0 aromatic heterocycles. The fourth-order valence-corrected chi connectivity index (χ4v) is 7.11. The Morgan fingerprint density at radius 1 is 1.10 bits per heavy atom. The van der Waals surface area contributed by atoms with Crippen LogP contribution in [0.3, 0.4) is 0 Å². The van der Waals surface area contributed by atoms with Crippen molar-refractivity contribution < 1.29 is 39.6 Å². The summed E-state index contributed by atoms with van der Waals surface area (Å²) in [5.41, 5.74) is 2.64. The molecule has 1 aliphatic heterocycles. The van der Waals surface area contributed by atoms with Gasteiger partial charge in [0.1, 0.15) is 22.8 Å². The third kappa shape index (κ3) is 4.26. The number of hydrogen-bond acceptors (Lipinski definition) is 11. The number of ketones is 2. The Morgan fingerprint density at radius 2 is 1.74 bits per heavy atom. The molecule has 5 rings (SSSR count). The number of benzene rings is 1. The van der Waals surface area contributed by atoms with Crippen LogP contribution < -0.4 is 21.3 Å². The number of likely N-dealkylation sites (N-methyl/N-ethyl adjacent to an activating group) is 1. The van der Waals surface area contributed by atoms with Crippen molar-refractivity contribution in [3.05, 3.63) is 34.1 Å². The van der Waals surface area contributed by atoms with Crippen molar-refractivity contribution in [2.45, 2.75) is 37.3 Å². The van der Waals surface area contributed by atoms with E-state index in [1.807, 2.05) is 0 Å². The number of aliphatic hydroxyl groups is 3. The van der Waals surface area contributed by atoms with E-state index < -0.39 is 63.8 Å². The summed E-state index contributed by atoms with van der Waals surface area (Å²) in [4.78, 5) is 55.8. The summed E-state index contributed by atoms with van der Waals surface area (Å²) in [6, 6.07) is 0.462. The molecule has 1 heterocycles. The number of aromatic hydroxyl groups is 1. The second-order valence-corrected chi connectivity index (χ2v) is 12.0. The number of carbonyl (C=O) groups excluding carboxylic acids is 4. The fraction of sp³-hybridized carbons (Fsp3) is 0.517. The van der Waals surface area contributed by atoms with Crippen LogP contribution in [-0.4, -0.2) is 102 Å². The van der Waals surface area contributed by atoms with Gasteiger partial charge in [-0.3, -0.25) is 24.1 Å². The number of aliphatic hydroxyl groups excluding tert-OH is 2. The standard InChI is InChI=1S/C29H37N5O8/c1-33(2)17-11-16(32-28(41)12-5-7-31-8-6-12)22(35)19-14(17)9-13-10-15-21(34(3)4)24(37)20(27(30)40)26(39)29(15,42)25(38)18(13)23(19)36/h11-13,15,21,31,35-36,39,42H,5-10H2,1-4H3,(H2,30,40)(H,32,41)/t13-,15-,21-,29-/m0/s1. The highest BCUT2D eigenvalue weighted by atomic mass is 16.3. The lowest BCUT2D eigenvalue weighted by Gasteiger charge is -2.50. The molecule has 0 unspecified atom stereocenters. The van der Waals surface area contributed by atoms with Crippen molar-refractivity contribution in [1.82, 2.24) is 10.2 Å². The van der Waals surface area contributed by atoms with Gasteiger partial charge in [0.2, 0.25) is 11.7 Å². The number of primary amides is 1. The normalized spacial score (nSPS) is 27.9. The van der Waals surface area contributed by atoms with Crippen molar-refractivity contribution in [3.8, 4) is 5.75 Å². The highest BCUT2D eigenvalue weighted by molar-refractivity contribution is 6.24. The van der Waals surface area contributed by atoms with Crippen LogP contribution in [0.5, 0.6) is 5.75 Å². The van der Waals surface area contributed by atoms with E-state index in [4.69, 9.17) is 5.73 Å². The number of phenolic OH excluding ortho intramolecular Hbond substituents is 1. The van der Waals surface area contributed by atoms with Gasteiger partial charge in [-0.15, -0.1) is 0 Å². The van der Waals surface area contributed by atoms with Gasteiger partial charge < -0.3 is 41.7 Å². The van der Waals surface area contributed by atoms with Gasteiger partial charge in [-0.1, -0.05) is 0 Å². The molecule has 2 amide bonds. The first kappa shape index (κ1) is 29.5. The lowest BCUT2D eigenvalue weighted by Crippen LogP contribution is -2.65. The SMILES string of the molecule is CN(C)c1cc(NC(=O)C2CCNCC2)c(O)c2c1C[C@H]1C[C@H]3[C@H](N(C)C)C(=O)C(C(N)=O)=C(O)[C@@]3(O)C(=O)C1=C2O. The first-order valence-electron chi connectivity index (χ1n) is 13.9. The number of carbonyl (C=O) groups is 4. The van der Waals surface area contributed by atoms with E-state index in [2.05, 4.69) is 10.6 Å². The number of nitrogens with one attached hydrogen (secondary N) is 2. The summed E-state index contributed by atoms with van der Waals surface area (Å²) in [6.45, 7) is 1.38. The molecule has 42 heavy (non-hydrogen) atoms. The Hall–Kier alpha value is -3.94. The third-order valence-electron chi connectivity index (χ3n) is 9.15. The van der Waals surface area contributed by atoms with Crippen LogP contribution in [0.1, 0.15) is 30.4 Å². The van der Waals surface area contributed by atoms with Gasteiger partial charge in [-0.05, 0) is 70.4 Å². The second-order valence-electron chi connectivity index (χ2n) is 12.0. The van der Waals surface area contributed by atoms with E-state index in [0.717, 1.165) is 0 Å². The van der Waals surface area contributed by atoms with Crippen LogP contribution in [0.15, 0.2) is 23.0 Å². The van der Waals surface area contributed by atoms with E-state index in [0.29, 0.717) is 37.2 Å². The fourth-order valence-electron chi connectivity index (χ4n) is 7.11. The number of nitrogens with zero attached hydrogens (tertiary/aromatic N) is 2. The van der Waals surface area contributed by atoms with Gasteiger partial charge in [-0.2, -0.15) is 0 Å². The number of nitrogens with two attached hydrogens (primary N) is 1. The van der Waals surface area contributed by atoms with Gasteiger partial charge in [-0.25, -0.2) is 0 Å². The van der Waals surface area contributed by atoms with Gasteiger partial charge >= 0.3 is 0 Å². The minimum atomic E-state index is -2.72. The van der Waals surface area contributed by atoms with Crippen LogP contribution >= 0.6 is 0 Å². The molecule has 1 saturated carbocycles. The molecule has 1 saturated heterocycles.